The van der Waals surface area contributed by atoms with Gasteiger partial charge in [0.15, 0.2) is 11.5 Å². The van der Waals surface area contributed by atoms with Crippen LogP contribution in [0.3, 0.4) is 0 Å². The average Bonchev–Trinajstić information content (AvgIpc) is 3.03. The van der Waals surface area contributed by atoms with Gasteiger partial charge in [0, 0.05) is 31.4 Å². The Labute approximate surface area is 160 Å². The molecule has 7 heteroatoms. The maximum Gasteiger partial charge on any atom is 0.233 e. The van der Waals surface area contributed by atoms with Gasteiger partial charge in [0.25, 0.3) is 0 Å². The minimum absolute atomic E-state index is 0.0899. The maximum atomic E-state index is 12.4. The van der Waals surface area contributed by atoms with Gasteiger partial charge < -0.3 is 23.8 Å². The van der Waals surface area contributed by atoms with Crippen LogP contribution < -0.4 is 14.2 Å². The first-order valence-corrected chi connectivity index (χ1v) is 9.99. The first-order valence-electron chi connectivity index (χ1n) is 8.95. The summed E-state index contributed by atoms with van der Waals surface area (Å²) >= 11 is 1.60. The van der Waals surface area contributed by atoms with Crippen LogP contribution in [-0.2, 0) is 9.53 Å². The maximum absolute atomic E-state index is 12.4. The van der Waals surface area contributed by atoms with Crippen LogP contribution in [0.15, 0.2) is 12.1 Å². The molecule has 0 spiro atoms. The highest BCUT2D eigenvalue weighted by Gasteiger charge is 2.35. The Morgan fingerprint density at radius 1 is 1.04 bits per heavy atom. The van der Waals surface area contributed by atoms with E-state index >= 15 is 0 Å². The average molecular weight is 384 g/mol. The van der Waals surface area contributed by atoms with Crippen molar-refractivity contribution < 1.29 is 23.7 Å². The number of amides is 1. The molecule has 1 atom stereocenters. The van der Waals surface area contributed by atoms with Crippen molar-refractivity contribution in [3.8, 4) is 17.2 Å². The molecule has 1 aromatic rings. The second-order valence-electron chi connectivity index (χ2n) is 6.02. The summed E-state index contributed by atoms with van der Waals surface area (Å²) in [5.74, 6) is 2.55. The third kappa shape index (κ3) is 4.98. The number of thioether (sulfide) groups is 1. The summed E-state index contributed by atoms with van der Waals surface area (Å²) in [5, 5.41) is -0.0899. The molecule has 1 heterocycles. The predicted molar refractivity (Wildman–Crippen MR) is 103 cm³/mol. The molecule has 1 unspecified atom stereocenters. The fourth-order valence-electron chi connectivity index (χ4n) is 2.88. The fourth-order valence-corrected chi connectivity index (χ4v) is 4.12. The van der Waals surface area contributed by atoms with E-state index in [0.29, 0.717) is 36.2 Å². The molecular formula is C19H29NO5S. The zero-order chi connectivity index (χ0) is 18.9. The molecule has 146 valence electrons. The van der Waals surface area contributed by atoms with E-state index in [4.69, 9.17) is 18.9 Å². The van der Waals surface area contributed by atoms with Crippen molar-refractivity contribution in [2.75, 3.05) is 46.8 Å². The van der Waals surface area contributed by atoms with Gasteiger partial charge in [-0.25, -0.2) is 0 Å². The van der Waals surface area contributed by atoms with E-state index in [1.165, 1.54) is 0 Å². The van der Waals surface area contributed by atoms with E-state index in [2.05, 4.69) is 6.92 Å². The Morgan fingerprint density at radius 3 is 2.35 bits per heavy atom. The van der Waals surface area contributed by atoms with E-state index in [1.807, 2.05) is 17.0 Å². The summed E-state index contributed by atoms with van der Waals surface area (Å²) in [7, 11) is 4.82. The van der Waals surface area contributed by atoms with Crippen LogP contribution in [0, 0.1) is 0 Å². The van der Waals surface area contributed by atoms with Gasteiger partial charge in [-0.1, -0.05) is 13.3 Å². The lowest BCUT2D eigenvalue weighted by atomic mass is 10.1. The Hall–Kier alpha value is -1.60. The summed E-state index contributed by atoms with van der Waals surface area (Å²) in [5.41, 5.74) is 0.924. The number of carbonyl (C=O) groups excluding carboxylic acids is 1. The van der Waals surface area contributed by atoms with Crippen molar-refractivity contribution in [1.29, 1.82) is 0 Å². The number of nitrogens with zero attached hydrogens (tertiary/aromatic N) is 1. The zero-order valence-corrected chi connectivity index (χ0v) is 16.9. The first kappa shape index (κ1) is 20.7. The minimum atomic E-state index is -0.0899. The lowest BCUT2D eigenvalue weighted by Crippen LogP contribution is -2.30. The van der Waals surface area contributed by atoms with Gasteiger partial charge in [-0.05, 0) is 18.9 Å². The Kier molecular flexibility index (Phi) is 8.38. The highest BCUT2D eigenvalue weighted by molar-refractivity contribution is 8.00. The lowest BCUT2D eigenvalue weighted by Gasteiger charge is -2.26. The van der Waals surface area contributed by atoms with E-state index in [0.717, 1.165) is 31.4 Å². The highest BCUT2D eigenvalue weighted by atomic mass is 32.2. The van der Waals surface area contributed by atoms with E-state index in [1.54, 1.807) is 33.1 Å². The summed E-state index contributed by atoms with van der Waals surface area (Å²) in [6.07, 6.45) is 3.02. The molecule has 0 saturated carbocycles. The summed E-state index contributed by atoms with van der Waals surface area (Å²) in [6, 6.07) is 3.71. The lowest BCUT2D eigenvalue weighted by molar-refractivity contribution is -0.128. The normalized spacial score (nSPS) is 16.8. The van der Waals surface area contributed by atoms with Gasteiger partial charge in [-0.15, -0.1) is 11.8 Å². The number of hydrogen-bond donors (Lipinski definition) is 0. The molecule has 1 fully saturated rings. The van der Waals surface area contributed by atoms with Crippen molar-refractivity contribution in [1.82, 2.24) is 4.90 Å². The summed E-state index contributed by atoms with van der Waals surface area (Å²) in [4.78, 5) is 14.3. The molecule has 1 aliphatic rings. The molecule has 0 aliphatic carbocycles. The molecule has 1 aromatic carbocycles. The van der Waals surface area contributed by atoms with Crippen LogP contribution in [0.5, 0.6) is 17.2 Å². The molecule has 6 nitrogen and oxygen atoms in total. The number of rotatable bonds is 11. The molecule has 1 aliphatic heterocycles. The van der Waals surface area contributed by atoms with Crippen molar-refractivity contribution in [3.05, 3.63) is 17.7 Å². The topological polar surface area (TPSA) is 57.2 Å². The number of unbranched alkanes of at least 4 members (excludes halogenated alkanes) is 1. The SMILES string of the molecule is CCCCOCCCN1C(=O)CSC1c1cc(OC)c(OC)cc1OC. The number of ether oxygens (including phenoxy) is 4. The molecule has 0 N–H and O–H groups in total. The third-order valence-corrected chi connectivity index (χ3v) is 5.54. The first-order chi connectivity index (χ1) is 12.7. The van der Waals surface area contributed by atoms with Gasteiger partial charge in [-0.2, -0.15) is 0 Å². The molecule has 2 rings (SSSR count). The molecule has 26 heavy (non-hydrogen) atoms. The van der Waals surface area contributed by atoms with Gasteiger partial charge in [-0.3, -0.25) is 4.79 Å². The number of carbonyl (C=O) groups is 1. The van der Waals surface area contributed by atoms with Crippen LogP contribution in [0.4, 0.5) is 0 Å². The molecule has 0 radical (unpaired) electrons. The predicted octanol–water partition coefficient (Wildman–Crippen LogP) is 3.49. The molecule has 0 bridgehead atoms. The Bertz CT molecular complexity index is 596. The minimum Gasteiger partial charge on any atom is -0.496 e. The van der Waals surface area contributed by atoms with Gasteiger partial charge in [0.1, 0.15) is 11.1 Å². The molecule has 1 saturated heterocycles. The van der Waals surface area contributed by atoms with Crippen LogP contribution in [-0.4, -0.2) is 57.6 Å². The second-order valence-corrected chi connectivity index (χ2v) is 7.09. The Morgan fingerprint density at radius 2 is 1.69 bits per heavy atom. The van der Waals surface area contributed by atoms with Crippen LogP contribution in [0.2, 0.25) is 0 Å². The number of methoxy groups -OCH3 is 3. The highest BCUT2D eigenvalue weighted by Crippen LogP contribution is 2.46. The van der Waals surface area contributed by atoms with Gasteiger partial charge in [0.05, 0.1) is 27.1 Å². The molecular weight excluding hydrogens is 354 g/mol. The zero-order valence-electron chi connectivity index (χ0n) is 16.1. The third-order valence-electron chi connectivity index (χ3n) is 4.30. The molecule has 0 aromatic heterocycles. The van der Waals surface area contributed by atoms with Crippen LogP contribution in [0.25, 0.3) is 0 Å². The standard InChI is InChI=1S/C19H29NO5S/c1-5-6-9-25-10-7-8-20-18(21)13-26-19(20)14-11-16(23-3)17(24-4)12-15(14)22-2/h11-12,19H,5-10,13H2,1-4H3. The monoisotopic (exact) mass is 383 g/mol. The van der Waals surface area contributed by atoms with Crippen molar-refractivity contribution in [2.24, 2.45) is 0 Å². The van der Waals surface area contributed by atoms with E-state index in [9.17, 15) is 4.79 Å². The quantitative estimate of drug-likeness (QED) is 0.545. The van der Waals surface area contributed by atoms with E-state index in [-0.39, 0.29) is 11.3 Å². The number of hydrogen-bond acceptors (Lipinski definition) is 6. The smallest absolute Gasteiger partial charge is 0.233 e. The summed E-state index contributed by atoms with van der Waals surface area (Å²) in [6.45, 7) is 4.26. The van der Waals surface area contributed by atoms with Gasteiger partial charge >= 0.3 is 0 Å². The fraction of sp³-hybridized carbons (Fsp3) is 0.632. The van der Waals surface area contributed by atoms with Gasteiger partial charge in [0.2, 0.25) is 5.91 Å². The van der Waals surface area contributed by atoms with Crippen LogP contribution in [0.1, 0.15) is 37.1 Å². The van der Waals surface area contributed by atoms with Crippen molar-refractivity contribution in [2.45, 2.75) is 31.6 Å². The largest absolute Gasteiger partial charge is 0.496 e. The van der Waals surface area contributed by atoms with Crippen LogP contribution >= 0.6 is 11.8 Å². The summed E-state index contributed by atoms with van der Waals surface area (Å²) < 4.78 is 21.9. The van der Waals surface area contributed by atoms with E-state index < -0.39 is 0 Å². The number of benzene rings is 1. The molecule has 1 amide bonds. The van der Waals surface area contributed by atoms with Crippen molar-refractivity contribution >= 4 is 17.7 Å². The van der Waals surface area contributed by atoms with Crippen molar-refractivity contribution in [3.63, 3.8) is 0 Å². The second kappa shape index (κ2) is 10.5. The Balaban J connectivity index is 2.11.